The normalized spacial score (nSPS) is 41.1. The highest BCUT2D eigenvalue weighted by atomic mass is 31.2. The minimum Gasteiger partial charge on any atom is -0.387 e. The molecule has 0 bridgehead atoms. The van der Waals surface area contributed by atoms with Crippen LogP contribution in [0.25, 0.3) is 0 Å². The van der Waals surface area contributed by atoms with E-state index in [2.05, 4.69) is 5.09 Å². The second kappa shape index (κ2) is 9.76. The molecule has 0 aromatic heterocycles. The summed E-state index contributed by atoms with van der Waals surface area (Å²) in [5.41, 5.74) is 11.4. The standard InChI is InChI=1S/C16H34N3O8P/c1-7(2)5-9-11(12(20)15(17)26-9)19-28(22,23)24-6-10-14(25-8(3)4)13(21)16(18)27-10/h7-16,20-21H,5-6,17-18H2,1-4H3,(H2,19,22,23)/t9-,10-,11?,12?,13?,14?,15-,16-/m1/s1. The van der Waals surface area contributed by atoms with Crippen LogP contribution in [0.5, 0.6) is 0 Å². The first kappa shape index (κ1) is 24.1. The van der Waals surface area contributed by atoms with Crippen molar-refractivity contribution in [1.82, 2.24) is 5.09 Å². The summed E-state index contributed by atoms with van der Waals surface area (Å²) in [6.07, 6.45) is -6.02. The van der Waals surface area contributed by atoms with Gasteiger partial charge in [-0.25, -0.2) is 9.65 Å². The third kappa shape index (κ3) is 6.16. The predicted molar refractivity (Wildman–Crippen MR) is 99.9 cm³/mol. The first-order chi connectivity index (χ1) is 12.9. The Balaban J connectivity index is 1.98. The molecule has 9 atom stereocenters. The topological polar surface area (TPSA) is 179 Å². The minimum absolute atomic E-state index is 0.209. The van der Waals surface area contributed by atoms with Crippen LogP contribution in [0.15, 0.2) is 0 Å². The summed E-state index contributed by atoms with van der Waals surface area (Å²) >= 11 is 0. The number of aliphatic hydroxyl groups excluding tert-OH is 2. The molecule has 0 aliphatic carbocycles. The molecule has 0 spiro atoms. The third-order valence-corrected chi connectivity index (χ3v) is 5.79. The summed E-state index contributed by atoms with van der Waals surface area (Å²) in [6.45, 7) is 7.16. The van der Waals surface area contributed by atoms with Gasteiger partial charge in [-0.1, -0.05) is 13.8 Å². The number of nitrogens with one attached hydrogen (secondary N) is 1. The van der Waals surface area contributed by atoms with E-state index in [1.165, 1.54) is 0 Å². The number of aliphatic hydroxyl groups is 2. The maximum Gasteiger partial charge on any atom is 0.403 e. The van der Waals surface area contributed by atoms with E-state index >= 15 is 0 Å². The molecule has 8 N–H and O–H groups in total. The lowest BCUT2D eigenvalue weighted by Gasteiger charge is -2.27. The second-order valence-electron chi connectivity index (χ2n) is 8.01. The lowest BCUT2D eigenvalue weighted by molar-refractivity contribution is -0.0759. The van der Waals surface area contributed by atoms with Gasteiger partial charge in [0.1, 0.15) is 36.9 Å². The van der Waals surface area contributed by atoms with Crippen LogP contribution in [0.4, 0.5) is 0 Å². The Labute approximate surface area is 165 Å². The summed E-state index contributed by atoms with van der Waals surface area (Å²) in [5, 5.41) is 22.7. The van der Waals surface area contributed by atoms with Gasteiger partial charge in [0.15, 0.2) is 0 Å². The Morgan fingerprint density at radius 3 is 2.21 bits per heavy atom. The number of hydrogen-bond donors (Lipinski definition) is 6. The lowest BCUT2D eigenvalue weighted by atomic mass is 9.99. The van der Waals surface area contributed by atoms with Crippen molar-refractivity contribution in [3.05, 3.63) is 0 Å². The maximum atomic E-state index is 12.5. The summed E-state index contributed by atoms with van der Waals surface area (Å²) in [7, 11) is -4.34. The predicted octanol–water partition coefficient (Wildman–Crippen LogP) is -1.01. The monoisotopic (exact) mass is 427 g/mol. The molecular weight excluding hydrogens is 393 g/mol. The van der Waals surface area contributed by atoms with Gasteiger partial charge < -0.3 is 40.8 Å². The Morgan fingerprint density at radius 2 is 1.64 bits per heavy atom. The molecule has 2 fully saturated rings. The fourth-order valence-electron chi connectivity index (χ4n) is 3.40. The number of nitrogens with two attached hydrogens (primary N) is 2. The van der Waals surface area contributed by atoms with E-state index in [9.17, 15) is 19.7 Å². The van der Waals surface area contributed by atoms with Crippen molar-refractivity contribution in [2.24, 2.45) is 17.4 Å². The molecule has 2 rings (SSSR count). The zero-order chi connectivity index (χ0) is 21.2. The summed E-state index contributed by atoms with van der Waals surface area (Å²) < 4.78 is 34.1. The van der Waals surface area contributed by atoms with Crippen LogP contribution in [0.2, 0.25) is 0 Å². The smallest absolute Gasteiger partial charge is 0.387 e. The summed E-state index contributed by atoms with van der Waals surface area (Å²) in [4.78, 5) is 10.2. The molecule has 28 heavy (non-hydrogen) atoms. The molecule has 166 valence electrons. The minimum atomic E-state index is -4.34. The molecule has 5 unspecified atom stereocenters. The lowest BCUT2D eigenvalue weighted by Crippen LogP contribution is -2.45. The highest BCUT2D eigenvalue weighted by Crippen LogP contribution is 2.41. The van der Waals surface area contributed by atoms with E-state index in [1.807, 2.05) is 13.8 Å². The maximum absolute atomic E-state index is 12.5. The fraction of sp³-hybridized carbons (Fsp3) is 1.00. The van der Waals surface area contributed by atoms with Gasteiger partial charge in [0.25, 0.3) is 0 Å². The third-order valence-electron chi connectivity index (χ3n) is 4.67. The fourth-order valence-corrected chi connectivity index (χ4v) is 4.52. The van der Waals surface area contributed by atoms with Gasteiger partial charge in [-0.05, 0) is 26.2 Å². The number of rotatable bonds is 9. The van der Waals surface area contributed by atoms with Gasteiger partial charge in [0.05, 0.1) is 24.9 Å². The van der Waals surface area contributed by atoms with Crippen molar-refractivity contribution in [3.63, 3.8) is 0 Å². The Hall–Kier alpha value is -0.170. The van der Waals surface area contributed by atoms with E-state index < -0.39 is 56.8 Å². The second-order valence-corrected chi connectivity index (χ2v) is 9.57. The van der Waals surface area contributed by atoms with E-state index in [4.69, 9.17) is 30.2 Å². The van der Waals surface area contributed by atoms with Gasteiger partial charge in [-0.3, -0.25) is 4.52 Å². The highest BCUT2D eigenvalue weighted by Gasteiger charge is 2.47. The van der Waals surface area contributed by atoms with Gasteiger partial charge in [-0.2, -0.15) is 0 Å². The van der Waals surface area contributed by atoms with Gasteiger partial charge in [0.2, 0.25) is 0 Å². The van der Waals surface area contributed by atoms with Crippen molar-refractivity contribution in [2.45, 2.75) is 89.2 Å². The number of ether oxygens (including phenoxy) is 3. The molecule has 2 heterocycles. The molecular formula is C16H34N3O8P. The van der Waals surface area contributed by atoms with Gasteiger partial charge >= 0.3 is 7.75 Å². The molecule has 0 aromatic carbocycles. The first-order valence-electron chi connectivity index (χ1n) is 9.50. The van der Waals surface area contributed by atoms with E-state index in [0.29, 0.717) is 6.42 Å². The van der Waals surface area contributed by atoms with Crippen LogP contribution >= 0.6 is 7.75 Å². The highest BCUT2D eigenvalue weighted by molar-refractivity contribution is 7.50. The summed E-state index contributed by atoms with van der Waals surface area (Å²) in [6, 6.07) is -0.867. The Morgan fingerprint density at radius 1 is 1.07 bits per heavy atom. The first-order valence-corrected chi connectivity index (χ1v) is 11.1. The molecule has 12 heteroatoms. The molecule has 2 aliphatic heterocycles. The average molecular weight is 427 g/mol. The van der Waals surface area contributed by atoms with Crippen LogP contribution < -0.4 is 16.6 Å². The van der Waals surface area contributed by atoms with Crippen LogP contribution in [0.1, 0.15) is 34.1 Å². The van der Waals surface area contributed by atoms with Crippen LogP contribution in [-0.2, 0) is 23.3 Å². The van der Waals surface area contributed by atoms with E-state index in [-0.39, 0.29) is 18.6 Å². The average Bonchev–Trinajstić information content (AvgIpc) is 2.97. The molecule has 0 saturated carbocycles. The molecule has 0 radical (unpaired) electrons. The van der Waals surface area contributed by atoms with Gasteiger partial charge in [0, 0.05) is 0 Å². The van der Waals surface area contributed by atoms with Crippen LogP contribution in [0, 0.1) is 5.92 Å². The zero-order valence-electron chi connectivity index (χ0n) is 16.7. The van der Waals surface area contributed by atoms with E-state index in [0.717, 1.165) is 0 Å². The largest absolute Gasteiger partial charge is 0.403 e. The van der Waals surface area contributed by atoms with Crippen molar-refractivity contribution in [3.8, 4) is 0 Å². The van der Waals surface area contributed by atoms with Gasteiger partial charge in [-0.15, -0.1) is 0 Å². The molecule has 0 amide bonds. The summed E-state index contributed by atoms with van der Waals surface area (Å²) in [5.74, 6) is 0.231. The molecule has 11 nitrogen and oxygen atoms in total. The molecule has 2 saturated heterocycles. The Kier molecular flexibility index (Phi) is 8.40. The van der Waals surface area contributed by atoms with Crippen molar-refractivity contribution < 1.29 is 38.4 Å². The number of hydrogen-bond acceptors (Lipinski definition) is 9. The molecule has 2 aliphatic rings. The zero-order valence-corrected chi connectivity index (χ0v) is 17.6. The quantitative estimate of drug-likeness (QED) is 0.248. The van der Waals surface area contributed by atoms with E-state index in [1.54, 1.807) is 13.8 Å². The van der Waals surface area contributed by atoms with Crippen molar-refractivity contribution in [2.75, 3.05) is 6.61 Å². The molecule has 0 aromatic rings. The van der Waals surface area contributed by atoms with Crippen LogP contribution in [-0.4, -0.2) is 76.8 Å². The van der Waals surface area contributed by atoms with Crippen LogP contribution in [0.3, 0.4) is 0 Å². The van der Waals surface area contributed by atoms with Crippen molar-refractivity contribution >= 4 is 7.75 Å². The SMILES string of the molecule is CC(C)C[C@H]1O[C@@H](N)C(O)C1NP(=O)(O)OC[C@H]1O[C@@H](N)C(O)C1OC(C)C. The Bertz CT molecular complexity index is 552. The van der Waals surface area contributed by atoms with Crippen molar-refractivity contribution in [1.29, 1.82) is 0 Å².